The highest BCUT2D eigenvalue weighted by atomic mass is 16.4. The molecule has 0 heterocycles. The number of imide groups is 1. The van der Waals surface area contributed by atoms with Crippen molar-refractivity contribution < 1.29 is 19.5 Å². The monoisotopic (exact) mass is 293 g/mol. The van der Waals surface area contributed by atoms with E-state index in [9.17, 15) is 14.4 Å². The number of nitrogens with one attached hydrogen (secondary N) is 2. The van der Waals surface area contributed by atoms with Crippen LogP contribution in [0.4, 0.5) is 4.79 Å². The van der Waals surface area contributed by atoms with Gasteiger partial charge in [-0.15, -0.1) is 0 Å². The average molecular weight is 293 g/mol. The lowest BCUT2D eigenvalue weighted by molar-refractivity contribution is -0.124. The SMILES string of the molecule is CNC(=O)NC(=O)C(C)N(C)Cc1ccc(C(=O)O)cc1. The van der Waals surface area contributed by atoms with E-state index >= 15 is 0 Å². The Balaban J connectivity index is 2.63. The van der Waals surface area contributed by atoms with Crippen LogP contribution in [0.15, 0.2) is 24.3 Å². The Bertz CT molecular complexity index is 528. The van der Waals surface area contributed by atoms with Gasteiger partial charge in [0.2, 0.25) is 5.91 Å². The van der Waals surface area contributed by atoms with E-state index in [0.717, 1.165) is 5.56 Å². The molecule has 21 heavy (non-hydrogen) atoms. The molecule has 1 aromatic rings. The van der Waals surface area contributed by atoms with Gasteiger partial charge >= 0.3 is 12.0 Å². The van der Waals surface area contributed by atoms with E-state index in [4.69, 9.17) is 5.11 Å². The number of hydrogen-bond donors (Lipinski definition) is 3. The minimum atomic E-state index is -0.978. The second-order valence-electron chi connectivity index (χ2n) is 4.66. The Morgan fingerprint density at radius 3 is 2.29 bits per heavy atom. The molecule has 0 aliphatic carbocycles. The van der Waals surface area contributed by atoms with Crippen LogP contribution in [0.5, 0.6) is 0 Å². The number of urea groups is 1. The maximum atomic E-state index is 11.8. The second-order valence-corrected chi connectivity index (χ2v) is 4.66. The van der Waals surface area contributed by atoms with Crippen LogP contribution in [0.25, 0.3) is 0 Å². The first kappa shape index (κ1) is 16.6. The van der Waals surface area contributed by atoms with E-state index in [1.165, 1.54) is 19.2 Å². The van der Waals surface area contributed by atoms with Crippen molar-refractivity contribution in [3.63, 3.8) is 0 Å². The highest BCUT2D eigenvalue weighted by Gasteiger charge is 2.19. The predicted octanol–water partition coefficient (Wildman–Crippen LogP) is 0.661. The average Bonchev–Trinajstić information content (AvgIpc) is 2.46. The van der Waals surface area contributed by atoms with Gasteiger partial charge in [-0.2, -0.15) is 0 Å². The number of hydrogen-bond acceptors (Lipinski definition) is 4. The van der Waals surface area contributed by atoms with Gasteiger partial charge in [-0.25, -0.2) is 9.59 Å². The van der Waals surface area contributed by atoms with Gasteiger partial charge in [-0.05, 0) is 31.7 Å². The van der Waals surface area contributed by atoms with Crippen LogP contribution in [0.3, 0.4) is 0 Å². The number of carboxylic acids is 1. The zero-order valence-electron chi connectivity index (χ0n) is 12.2. The maximum absolute atomic E-state index is 11.8. The fourth-order valence-corrected chi connectivity index (χ4v) is 1.66. The number of carbonyl (C=O) groups is 3. The molecule has 1 atom stereocenters. The quantitative estimate of drug-likeness (QED) is 0.741. The minimum Gasteiger partial charge on any atom is -0.478 e. The number of nitrogens with zero attached hydrogens (tertiary/aromatic N) is 1. The Morgan fingerprint density at radius 1 is 1.24 bits per heavy atom. The summed E-state index contributed by atoms with van der Waals surface area (Å²) in [5.41, 5.74) is 1.09. The number of amides is 3. The molecular formula is C14H19N3O4. The molecule has 1 rings (SSSR count). The Morgan fingerprint density at radius 2 is 1.81 bits per heavy atom. The summed E-state index contributed by atoms with van der Waals surface area (Å²) in [7, 11) is 3.18. The fraction of sp³-hybridized carbons (Fsp3) is 0.357. The summed E-state index contributed by atoms with van der Waals surface area (Å²) >= 11 is 0. The minimum absolute atomic E-state index is 0.215. The molecule has 0 saturated carbocycles. The maximum Gasteiger partial charge on any atom is 0.335 e. The molecular weight excluding hydrogens is 274 g/mol. The molecule has 3 N–H and O–H groups in total. The number of rotatable bonds is 5. The standard InChI is InChI=1S/C14H19N3O4/c1-9(12(18)16-14(21)15-2)17(3)8-10-4-6-11(7-5-10)13(19)20/h4-7,9H,8H2,1-3H3,(H,19,20)(H2,15,16,18,21). The molecule has 0 bridgehead atoms. The van der Waals surface area contributed by atoms with Crippen LogP contribution in [0.2, 0.25) is 0 Å². The molecule has 0 aliphatic rings. The zero-order valence-corrected chi connectivity index (χ0v) is 12.2. The van der Waals surface area contributed by atoms with E-state index in [0.29, 0.717) is 6.54 Å². The lowest BCUT2D eigenvalue weighted by Crippen LogP contribution is -2.47. The molecule has 114 valence electrons. The van der Waals surface area contributed by atoms with Gasteiger partial charge in [0, 0.05) is 13.6 Å². The van der Waals surface area contributed by atoms with Gasteiger partial charge in [-0.1, -0.05) is 12.1 Å². The zero-order chi connectivity index (χ0) is 16.0. The fourth-order valence-electron chi connectivity index (χ4n) is 1.66. The van der Waals surface area contributed by atoms with Crippen LogP contribution < -0.4 is 10.6 Å². The third kappa shape index (κ3) is 4.88. The molecule has 3 amide bonds. The Hall–Kier alpha value is -2.41. The van der Waals surface area contributed by atoms with Gasteiger partial charge in [0.1, 0.15) is 0 Å². The van der Waals surface area contributed by atoms with E-state index in [2.05, 4.69) is 10.6 Å². The lowest BCUT2D eigenvalue weighted by Gasteiger charge is -2.23. The molecule has 0 fully saturated rings. The number of likely N-dealkylation sites (N-methyl/N-ethyl adjacent to an activating group) is 1. The molecule has 0 aliphatic heterocycles. The molecule has 0 spiro atoms. The molecule has 0 aromatic heterocycles. The first-order valence-electron chi connectivity index (χ1n) is 6.40. The molecule has 1 aromatic carbocycles. The Kier molecular flexibility index (Phi) is 5.86. The smallest absolute Gasteiger partial charge is 0.335 e. The summed E-state index contributed by atoms with van der Waals surface area (Å²) in [5, 5.41) is 13.3. The summed E-state index contributed by atoms with van der Waals surface area (Å²) in [4.78, 5) is 35.4. The van der Waals surface area contributed by atoms with Gasteiger partial charge in [-0.3, -0.25) is 15.0 Å². The van der Waals surface area contributed by atoms with Crippen molar-refractivity contribution >= 4 is 17.9 Å². The first-order chi connectivity index (χ1) is 9.85. The Labute approximate surface area is 122 Å². The summed E-state index contributed by atoms with van der Waals surface area (Å²) in [6.07, 6.45) is 0. The van der Waals surface area contributed by atoms with Gasteiger partial charge in [0.15, 0.2) is 0 Å². The van der Waals surface area contributed by atoms with Crippen molar-refractivity contribution in [2.45, 2.75) is 19.5 Å². The molecule has 0 saturated heterocycles. The van der Waals surface area contributed by atoms with Gasteiger partial charge in [0.25, 0.3) is 0 Å². The van der Waals surface area contributed by atoms with Crippen LogP contribution in [0, 0.1) is 0 Å². The number of aromatic carboxylic acids is 1. The number of carboxylic acid groups (broad SMARTS) is 1. The summed E-state index contributed by atoms with van der Waals surface area (Å²) < 4.78 is 0. The lowest BCUT2D eigenvalue weighted by atomic mass is 10.1. The highest BCUT2D eigenvalue weighted by Crippen LogP contribution is 2.09. The molecule has 1 unspecified atom stereocenters. The van der Waals surface area contributed by atoms with E-state index in [1.54, 1.807) is 31.0 Å². The van der Waals surface area contributed by atoms with E-state index in [1.807, 2.05) is 0 Å². The first-order valence-corrected chi connectivity index (χ1v) is 6.40. The van der Waals surface area contributed by atoms with Gasteiger partial charge in [0.05, 0.1) is 11.6 Å². The largest absolute Gasteiger partial charge is 0.478 e. The summed E-state index contributed by atoms with van der Waals surface area (Å²) in [6.45, 7) is 2.14. The third-order valence-corrected chi connectivity index (χ3v) is 3.14. The van der Waals surface area contributed by atoms with Crippen molar-refractivity contribution in [2.75, 3.05) is 14.1 Å². The van der Waals surface area contributed by atoms with Crippen molar-refractivity contribution in [3.8, 4) is 0 Å². The second kappa shape index (κ2) is 7.39. The van der Waals surface area contributed by atoms with Crippen LogP contribution in [0.1, 0.15) is 22.8 Å². The van der Waals surface area contributed by atoms with E-state index in [-0.39, 0.29) is 5.56 Å². The van der Waals surface area contributed by atoms with Crippen LogP contribution >= 0.6 is 0 Å². The van der Waals surface area contributed by atoms with Crippen molar-refractivity contribution in [1.29, 1.82) is 0 Å². The van der Waals surface area contributed by atoms with Gasteiger partial charge < -0.3 is 10.4 Å². The molecule has 0 radical (unpaired) electrons. The molecule has 7 heteroatoms. The third-order valence-electron chi connectivity index (χ3n) is 3.14. The van der Waals surface area contributed by atoms with Crippen LogP contribution in [-0.4, -0.2) is 48.1 Å². The van der Waals surface area contributed by atoms with Crippen molar-refractivity contribution in [2.24, 2.45) is 0 Å². The summed E-state index contributed by atoms with van der Waals surface area (Å²) in [6, 6.07) is 5.38. The van der Waals surface area contributed by atoms with Crippen molar-refractivity contribution in [1.82, 2.24) is 15.5 Å². The normalized spacial score (nSPS) is 11.8. The number of carbonyl (C=O) groups excluding carboxylic acids is 2. The predicted molar refractivity (Wildman–Crippen MR) is 76.9 cm³/mol. The van der Waals surface area contributed by atoms with Crippen molar-refractivity contribution in [3.05, 3.63) is 35.4 Å². The van der Waals surface area contributed by atoms with E-state index < -0.39 is 23.9 Å². The topological polar surface area (TPSA) is 98.7 Å². The number of benzene rings is 1. The highest BCUT2D eigenvalue weighted by molar-refractivity contribution is 5.96. The van der Waals surface area contributed by atoms with Crippen LogP contribution in [-0.2, 0) is 11.3 Å². The molecule has 7 nitrogen and oxygen atoms in total. The summed E-state index contributed by atoms with van der Waals surface area (Å²) in [5.74, 6) is -1.38.